The lowest BCUT2D eigenvalue weighted by atomic mass is 10.1. The van der Waals surface area contributed by atoms with Crippen molar-refractivity contribution in [1.29, 1.82) is 0 Å². The number of esters is 1. The minimum atomic E-state index is -0.244. The smallest absolute Gasteiger partial charge is 0.311 e. The van der Waals surface area contributed by atoms with Crippen LogP contribution in [-0.4, -0.2) is 12.6 Å². The Balaban J connectivity index is 1.74. The Labute approximate surface area is 148 Å². The monoisotopic (exact) mass is 346 g/mol. The predicted molar refractivity (Wildman–Crippen MR) is 97.1 cm³/mol. The van der Waals surface area contributed by atoms with Gasteiger partial charge in [0, 0.05) is 11.4 Å². The first kappa shape index (κ1) is 18.3. The van der Waals surface area contributed by atoms with Gasteiger partial charge in [0.25, 0.3) is 0 Å². The van der Waals surface area contributed by atoms with Crippen molar-refractivity contribution in [2.24, 2.45) is 0 Å². The van der Waals surface area contributed by atoms with Crippen LogP contribution in [0.25, 0.3) is 0 Å². The second-order valence-corrected chi connectivity index (χ2v) is 6.17. The van der Waals surface area contributed by atoms with E-state index in [0.717, 1.165) is 28.3 Å². The SMILES string of the molecule is CCc1ccc(OC(=O)CCCOc2cc(C)c(Cl)c(C)c2)cc1. The number of ether oxygens (including phenoxy) is 2. The molecule has 0 heterocycles. The van der Waals surface area contributed by atoms with Gasteiger partial charge in [0.2, 0.25) is 0 Å². The fourth-order valence-corrected chi connectivity index (χ4v) is 2.48. The van der Waals surface area contributed by atoms with Gasteiger partial charge in [0.15, 0.2) is 0 Å². The summed E-state index contributed by atoms with van der Waals surface area (Å²) in [4.78, 5) is 11.8. The summed E-state index contributed by atoms with van der Waals surface area (Å²) < 4.78 is 11.0. The highest BCUT2D eigenvalue weighted by Crippen LogP contribution is 2.26. The molecule has 0 spiro atoms. The molecular formula is C20H23ClO3. The Morgan fingerprint density at radius 1 is 1.04 bits per heavy atom. The predicted octanol–water partition coefficient (Wildman–Crippen LogP) is 5.28. The zero-order valence-electron chi connectivity index (χ0n) is 14.4. The highest BCUT2D eigenvalue weighted by atomic mass is 35.5. The molecule has 0 aliphatic rings. The highest BCUT2D eigenvalue weighted by Gasteiger charge is 2.07. The Hall–Kier alpha value is -2.00. The highest BCUT2D eigenvalue weighted by molar-refractivity contribution is 6.32. The van der Waals surface area contributed by atoms with E-state index in [0.29, 0.717) is 25.2 Å². The van der Waals surface area contributed by atoms with E-state index in [9.17, 15) is 4.79 Å². The standard InChI is InChI=1S/C20H23ClO3/c1-4-16-7-9-17(10-8-16)24-19(22)6-5-11-23-18-12-14(2)20(21)15(3)13-18/h7-10,12-13H,4-6,11H2,1-3H3. The third-order valence-corrected chi connectivity index (χ3v) is 4.36. The zero-order chi connectivity index (χ0) is 17.5. The fraction of sp³-hybridized carbons (Fsp3) is 0.350. The number of carbonyl (C=O) groups is 1. The molecule has 0 saturated heterocycles. The number of carbonyl (C=O) groups excluding carboxylic acids is 1. The van der Waals surface area contributed by atoms with Crippen LogP contribution in [-0.2, 0) is 11.2 Å². The summed E-state index contributed by atoms with van der Waals surface area (Å²) in [5.74, 6) is 1.12. The maximum atomic E-state index is 11.8. The first-order chi connectivity index (χ1) is 11.5. The summed E-state index contributed by atoms with van der Waals surface area (Å²) in [5.41, 5.74) is 3.19. The van der Waals surface area contributed by atoms with Gasteiger partial charge in [-0.05, 0) is 67.6 Å². The molecule has 0 fully saturated rings. The van der Waals surface area contributed by atoms with Gasteiger partial charge < -0.3 is 9.47 Å². The van der Waals surface area contributed by atoms with Crippen molar-refractivity contribution in [2.45, 2.75) is 40.0 Å². The van der Waals surface area contributed by atoms with Crippen LogP contribution in [0, 0.1) is 13.8 Å². The lowest BCUT2D eigenvalue weighted by Gasteiger charge is -2.10. The molecule has 0 saturated carbocycles. The molecule has 2 aromatic rings. The van der Waals surface area contributed by atoms with Gasteiger partial charge in [-0.3, -0.25) is 4.79 Å². The van der Waals surface area contributed by atoms with Crippen LogP contribution in [0.3, 0.4) is 0 Å². The molecule has 0 unspecified atom stereocenters. The minimum absolute atomic E-state index is 0.244. The minimum Gasteiger partial charge on any atom is -0.494 e. The normalized spacial score (nSPS) is 10.5. The first-order valence-electron chi connectivity index (χ1n) is 8.18. The summed E-state index contributed by atoms with van der Waals surface area (Å²) in [5, 5.41) is 0.764. The molecule has 3 nitrogen and oxygen atoms in total. The molecule has 0 aliphatic heterocycles. The van der Waals surface area contributed by atoms with Gasteiger partial charge in [0.1, 0.15) is 11.5 Å². The van der Waals surface area contributed by atoms with Gasteiger partial charge in [-0.2, -0.15) is 0 Å². The average Bonchev–Trinajstić information content (AvgIpc) is 2.57. The lowest BCUT2D eigenvalue weighted by Crippen LogP contribution is -2.10. The van der Waals surface area contributed by atoms with Crippen molar-refractivity contribution >= 4 is 17.6 Å². The van der Waals surface area contributed by atoms with E-state index in [4.69, 9.17) is 21.1 Å². The van der Waals surface area contributed by atoms with Crippen molar-refractivity contribution in [2.75, 3.05) is 6.61 Å². The van der Waals surface area contributed by atoms with Crippen LogP contribution < -0.4 is 9.47 Å². The van der Waals surface area contributed by atoms with E-state index in [1.165, 1.54) is 5.56 Å². The number of rotatable bonds is 7. The summed E-state index contributed by atoms with van der Waals surface area (Å²) in [6.07, 6.45) is 1.89. The molecule has 128 valence electrons. The number of hydrogen-bond acceptors (Lipinski definition) is 3. The molecule has 2 rings (SSSR count). The van der Waals surface area contributed by atoms with Crippen LogP contribution in [0.4, 0.5) is 0 Å². The van der Waals surface area contributed by atoms with Crippen molar-refractivity contribution in [3.63, 3.8) is 0 Å². The van der Waals surface area contributed by atoms with Gasteiger partial charge in [-0.1, -0.05) is 30.7 Å². The third kappa shape index (κ3) is 5.27. The molecule has 0 bridgehead atoms. The van der Waals surface area contributed by atoms with Crippen LogP contribution in [0.15, 0.2) is 36.4 Å². The largest absolute Gasteiger partial charge is 0.494 e. The molecule has 24 heavy (non-hydrogen) atoms. The van der Waals surface area contributed by atoms with E-state index in [1.54, 1.807) is 0 Å². The molecule has 4 heteroatoms. The topological polar surface area (TPSA) is 35.5 Å². The number of halogens is 1. The summed E-state index contributed by atoms with van der Waals surface area (Å²) in [6, 6.07) is 11.4. The zero-order valence-corrected chi connectivity index (χ0v) is 15.2. The second kappa shape index (κ2) is 8.74. The van der Waals surface area contributed by atoms with Gasteiger partial charge in [-0.25, -0.2) is 0 Å². The third-order valence-electron chi connectivity index (χ3n) is 3.77. The van der Waals surface area contributed by atoms with E-state index >= 15 is 0 Å². The van der Waals surface area contributed by atoms with Crippen LogP contribution in [0.2, 0.25) is 5.02 Å². The molecule has 0 amide bonds. The second-order valence-electron chi connectivity index (χ2n) is 5.79. The maximum absolute atomic E-state index is 11.8. The lowest BCUT2D eigenvalue weighted by molar-refractivity contribution is -0.134. The van der Waals surface area contributed by atoms with Gasteiger partial charge in [0.05, 0.1) is 6.61 Å². The molecule has 2 aromatic carbocycles. The summed E-state index contributed by atoms with van der Waals surface area (Å²) >= 11 is 6.13. The number of hydrogen-bond donors (Lipinski definition) is 0. The Morgan fingerprint density at radius 2 is 1.67 bits per heavy atom. The number of benzene rings is 2. The van der Waals surface area contributed by atoms with Gasteiger partial charge in [-0.15, -0.1) is 0 Å². The molecule has 0 aromatic heterocycles. The maximum Gasteiger partial charge on any atom is 0.311 e. The molecular weight excluding hydrogens is 324 g/mol. The molecule has 0 radical (unpaired) electrons. The van der Waals surface area contributed by atoms with E-state index in [1.807, 2.05) is 50.2 Å². The van der Waals surface area contributed by atoms with Crippen molar-refractivity contribution < 1.29 is 14.3 Å². The Bertz CT molecular complexity index is 670. The van der Waals surface area contributed by atoms with Crippen LogP contribution >= 0.6 is 11.6 Å². The van der Waals surface area contributed by atoms with Crippen LogP contribution in [0.1, 0.15) is 36.5 Å². The Kier molecular flexibility index (Phi) is 6.68. The number of aryl methyl sites for hydroxylation is 3. The average molecular weight is 347 g/mol. The molecule has 0 N–H and O–H groups in total. The summed E-state index contributed by atoms with van der Waals surface area (Å²) in [7, 11) is 0. The first-order valence-corrected chi connectivity index (χ1v) is 8.56. The fourth-order valence-electron chi connectivity index (χ4n) is 2.37. The van der Waals surface area contributed by atoms with E-state index in [2.05, 4.69) is 6.92 Å². The van der Waals surface area contributed by atoms with Crippen molar-refractivity contribution in [3.8, 4) is 11.5 Å². The summed E-state index contributed by atoms with van der Waals surface area (Å²) in [6.45, 7) is 6.45. The van der Waals surface area contributed by atoms with E-state index < -0.39 is 0 Å². The van der Waals surface area contributed by atoms with Crippen molar-refractivity contribution in [1.82, 2.24) is 0 Å². The molecule has 0 aliphatic carbocycles. The van der Waals surface area contributed by atoms with Crippen LogP contribution in [0.5, 0.6) is 11.5 Å². The van der Waals surface area contributed by atoms with Gasteiger partial charge >= 0.3 is 5.97 Å². The van der Waals surface area contributed by atoms with Crippen molar-refractivity contribution in [3.05, 3.63) is 58.1 Å². The quantitative estimate of drug-likeness (QED) is 0.388. The Morgan fingerprint density at radius 3 is 2.25 bits per heavy atom. The van der Waals surface area contributed by atoms with E-state index in [-0.39, 0.29) is 5.97 Å². The molecule has 0 atom stereocenters.